The number of carbonyl (C=O) groups is 3. The lowest BCUT2D eigenvalue weighted by atomic mass is 10.1. The van der Waals surface area contributed by atoms with Crippen molar-refractivity contribution in [2.24, 2.45) is 5.73 Å². The van der Waals surface area contributed by atoms with Crippen LogP contribution in [-0.2, 0) is 14.3 Å². The first-order valence-corrected chi connectivity index (χ1v) is 6.41. The van der Waals surface area contributed by atoms with Crippen LogP contribution in [0.1, 0.15) is 22.8 Å². The lowest BCUT2D eigenvalue weighted by molar-refractivity contribution is -0.145. The summed E-state index contributed by atoms with van der Waals surface area (Å²) in [6.45, 7) is 2.09. The molecule has 0 aliphatic heterocycles. The van der Waals surface area contributed by atoms with Gasteiger partial charge in [-0.2, -0.15) is 0 Å². The molecule has 1 rings (SSSR count). The monoisotopic (exact) mass is 290 g/mol. The van der Waals surface area contributed by atoms with E-state index in [9.17, 15) is 14.4 Å². The van der Waals surface area contributed by atoms with Gasteiger partial charge in [0.1, 0.15) is 6.54 Å². The number of benzene rings is 1. The van der Waals surface area contributed by atoms with E-state index in [2.05, 4.69) is 4.74 Å². The summed E-state index contributed by atoms with van der Waals surface area (Å²) in [4.78, 5) is 35.4. The van der Waals surface area contributed by atoms with Gasteiger partial charge in [0.2, 0.25) is 11.8 Å². The van der Waals surface area contributed by atoms with Gasteiger partial charge in [-0.15, -0.1) is 0 Å². The number of amides is 2. The van der Waals surface area contributed by atoms with Crippen LogP contribution < -0.4 is 5.73 Å². The van der Waals surface area contributed by atoms with Crippen molar-refractivity contribution in [2.75, 3.05) is 20.2 Å². The first-order chi connectivity index (χ1) is 9.97. The Kier molecular flexibility index (Phi) is 6.13. The molecular weight excluding hydrogens is 272 g/mol. The summed E-state index contributed by atoms with van der Waals surface area (Å²) >= 11 is 0. The van der Waals surface area contributed by atoms with E-state index in [1.165, 1.54) is 18.1 Å². The van der Waals surface area contributed by atoms with Gasteiger partial charge in [-0.1, -0.05) is 12.1 Å². The van der Waals surface area contributed by atoms with Crippen LogP contribution in [0.15, 0.2) is 30.3 Å². The number of carbonyl (C=O) groups excluding carboxylic acids is 3. The third-order valence-corrected chi connectivity index (χ3v) is 2.85. The zero-order valence-corrected chi connectivity index (χ0v) is 12.0. The molecule has 0 heterocycles. The highest BCUT2D eigenvalue weighted by Crippen LogP contribution is 2.06. The number of primary amides is 1. The minimum Gasteiger partial charge on any atom is -0.468 e. The van der Waals surface area contributed by atoms with Gasteiger partial charge in [-0.25, -0.2) is 0 Å². The number of nitrogens with zero attached hydrogens (tertiary/aromatic N) is 1. The summed E-state index contributed by atoms with van der Waals surface area (Å²) < 4.78 is 4.53. The Balaban J connectivity index is 2.71. The van der Waals surface area contributed by atoms with E-state index in [-0.39, 0.29) is 12.5 Å². The first kappa shape index (κ1) is 16.4. The summed E-state index contributed by atoms with van der Waals surface area (Å²) in [5.74, 6) is -1.26. The lowest BCUT2D eigenvalue weighted by Crippen LogP contribution is -2.34. The zero-order chi connectivity index (χ0) is 15.8. The van der Waals surface area contributed by atoms with Crippen molar-refractivity contribution in [1.29, 1.82) is 0 Å². The van der Waals surface area contributed by atoms with Crippen LogP contribution in [0.5, 0.6) is 0 Å². The smallest absolute Gasteiger partial charge is 0.325 e. The van der Waals surface area contributed by atoms with Gasteiger partial charge in [-0.05, 0) is 30.7 Å². The molecule has 0 saturated carbocycles. The Hall–Kier alpha value is -2.63. The third-order valence-electron chi connectivity index (χ3n) is 2.85. The van der Waals surface area contributed by atoms with E-state index in [1.807, 2.05) is 0 Å². The Labute approximate surface area is 123 Å². The third kappa shape index (κ3) is 5.10. The second kappa shape index (κ2) is 7.84. The van der Waals surface area contributed by atoms with Gasteiger partial charge in [-0.3, -0.25) is 14.4 Å². The molecule has 1 aromatic carbocycles. The van der Waals surface area contributed by atoms with Gasteiger partial charge in [0.15, 0.2) is 0 Å². The standard InChI is InChI=1S/C15H18N2O4/c1-3-17(10-14(19)21-2)13(18)9-6-11-4-7-12(8-5-11)15(16)20/h4-9H,3,10H2,1-2H3,(H2,16,20). The van der Waals surface area contributed by atoms with Crippen LogP contribution >= 0.6 is 0 Å². The lowest BCUT2D eigenvalue weighted by Gasteiger charge is -2.17. The van der Waals surface area contributed by atoms with Gasteiger partial charge >= 0.3 is 5.97 Å². The highest BCUT2D eigenvalue weighted by molar-refractivity contribution is 5.94. The van der Waals surface area contributed by atoms with Crippen LogP contribution in [0.3, 0.4) is 0 Å². The number of hydrogen-bond acceptors (Lipinski definition) is 4. The van der Waals surface area contributed by atoms with E-state index in [1.54, 1.807) is 37.3 Å². The maximum atomic E-state index is 11.9. The SMILES string of the molecule is CCN(CC(=O)OC)C(=O)C=Cc1ccc(C(N)=O)cc1. The highest BCUT2D eigenvalue weighted by atomic mass is 16.5. The summed E-state index contributed by atoms with van der Waals surface area (Å²) in [5, 5.41) is 0. The molecule has 0 atom stereocenters. The number of methoxy groups -OCH3 is 1. The van der Waals surface area contributed by atoms with Crippen molar-refractivity contribution in [3.05, 3.63) is 41.5 Å². The second-order valence-electron chi connectivity index (χ2n) is 4.25. The van der Waals surface area contributed by atoms with Crippen molar-refractivity contribution in [1.82, 2.24) is 4.90 Å². The maximum absolute atomic E-state index is 11.9. The molecule has 21 heavy (non-hydrogen) atoms. The maximum Gasteiger partial charge on any atom is 0.325 e. The van der Waals surface area contributed by atoms with Crippen molar-refractivity contribution in [2.45, 2.75) is 6.92 Å². The van der Waals surface area contributed by atoms with E-state index in [0.29, 0.717) is 12.1 Å². The molecular formula is C15H18N2O4. The Morgan fingerprint density at radius 3 is 2.33 bits per heavy atom. The molecule has 1 aromatic rings. The highest BCUT2D eigenvalue weighted by Gasteiger charge is 2.13. The molecule has 0 spiro atoms. The summed E-state index contributed by atoms with van der Waals surface area (Å²) in [7, 11) is 1.27. The largest absolute Gasteiger partial charge is 0.468 e. The molecule has 0 radical (unpaired) electrons. The fourth-order valence-corrected chi connectivity index (χ4v) is 1.60. The van der Waals surface area contributed by atoms with Gasteiger partial charge in [0.25, 0.3) is 0 Å². The number of nitrogens with two attached hydrogens (primary N) is 1. The summed E-state index contributed by atoms with van der Waals surface area (Å²) in [6, 6.07) is 6.53. The van der Waals surface area contributed by atoms with E-state index in [0.717, 1.165) is 5.56 Å². The Morgan fingerprint density at radius 2 is 1.86 bits per heavy atom. The summed E-state index contributed by atoms with van der Waals surface area (Å²) in [6.07, 6.45) is 2.97. The summed E-state index contributed by atoms with van der Waals surface area (Å²) in [5.41, 5.74) is 6.30. The minimum atomic E-state index is -0.503. The first-order valence-electron chi connectivity index (χ1n) is 6.41. The van der Waals surface area contributed by atoms with Crippen LogP contribution in [0, 0.1) is 0 Å². The second-order valence-corrected chi connectivity index (χ2v) is 4.25. The van der Waals surface area contributed by atoms with Crippen LogP contribution in [-0.4, -0.2) is 42.9 Å². The van der Waals surface area contributed by atoms with Crippen LogP contribution in [0.4, 0.5) is 0 Å². The van der Waals surface area contributed by atoms with Crippen molar-refractivity contribution in [3.8, 4) is 0 Å². The molecule has 0 aromatic heterocycles. The molecule has 0 aliphatic rings. The number of likely N-dealkylation sites (N-methyl/N-ethyl adjacent to an activating group) is 1. The molecule has 6 heteroatoms. The Morgan fingerprint density at radius 1 is 1.24 bits per heavy atom. The molecule has 0 fully saturated rings. The van der Waals surface area contributed by atoms with Crippen molar-refractivity contribution < 1.29 is 19.1 Å². The molecule has 0 unspecified atom stereocenters. The predicted molar refractivity (Wildman–Crippen MR) is 78.3 cm³/mol. The van der Waals surface area contributed by atoms with Crippen LogP contribution in [0.25, 0.3) is 6.08 Å². The quantitative estimate of drug-likeness (QED) is 0.620. The molecule has 2 amide bonds. The average Bonchev–Trinajstić information content (AvgIpc) is 2.50. The molecule has 112 valence electrons. The fraction of sp³-hybridized carbons (Fsp3) is 0.267. The minimum absolute atomic E-state index is 0.0865. The van der Waals surface area contributed by atoms with Gasteiger partial charge < -0.3 is 15.4 Å². The molecule has 6 nitrogen and oxygen atoms in total. The van der Waals surface area contributed by atoms with Gasteiger partial charge in [0, 0.05) is 18.2 Å². The molecule has 2 N–H and O–H groups in total. The topological polar surface area (TPSA) is 89.7 Å². The number of ether oxygens (including phenoxy) is 1. The van der Waals surface area contributed by atoms with Gasteiger partial charge in [0.05, 0.1) is 7.11 Å². The normalized spacial score (nSPS) is 10.4. The number of rotatable bonds is 6. The number of hydrogen-bond donors (Lipinski definition) is 1. The van der Waals surface area contributed by atoms with E-state index < -0.39 is 11.9 Å². The molecule has 0 saturated heterocycles. The molecule has 0 aliphatic carbocycles. The van der Waals surface area contributed by atoms with Crippen molar-refractivity contribution in [3.63, 3.8) is 0 Å². The van der Waals surface area contributed by atoms with E-state index in [4.69, 9.17) is 5.73 Å². The van der Waals surface area contributed by atoms with Crippen molar-refractivity contribution >= 4 is 23.9 Å². The molecule has 0 bridgehead atoms. The Bertz CT molecular complexity index is 549. The predicted octanol–water partition coefficient (Wildman–Crippen LogP) is 0.820. The average molecular weight is 290 g/mol. The van der Waals surface area contributed by atoms with Crippen LogP contribution in [0.2, 0.25) is 0 Å². The fourth-order valence-electron chi connectivity index (χ4n) is 1.60. The number of esters is 1. The van der Waals surface area contributed by atoms with E-state index >= 15 is 0 Å². The zero-order valence-electron chi connectivity index (χ0n) is 12.0.